The van der Waals surface area contributed by atoms with Crippen LogP contribution in [0.25, 0.3) is 21.8 Å². The molecule has 0 fully saturated rings. The summed E-state index contributed by atoms with van der Waals surface area (Å²) in [5.74, 6) is -0.759. The summed E-state index contributed by atoms with van der Waals surface area (Å²) >= 11 is 0. The van der Waals surface area contributed by atoms with Crippen LogP contribution >= 0.6 is 0 Å². The summed E-state index contributed by atoms with van der Waals surface area (Å²) in [7, 11) is -0.181. The third kappa shape index (κ3) is 4.16. The minimum atomic E-state index is -4.37. The third-order valence-electron chi connectivity index (χ3n) is 7.45. The van der Waals surface area contributed by atoms with Gasteiger partial charge in [0.2, 0.25) is 0 Å². The van der Waals surface area contributed by atoms with Crippen molar-refractivity contribution in [1.29, 1.82) is 0 Å². The number of hydrogen-bond acceptors (Lipinski definition) is 7. The minimum Gasteiger partial charge on any atom is -0.497 e. The second-order valence-electron chi connectivity index (χ2n) is 9.75. The fourth-order valence-corrected chi connectivity index (χ4v) is 7.09. The van der Waals surface area contributed by atoms with E-state index in [2.05, 4.69) is 0 Å². The Balaban J connectivity index is 1.65. The van der Waals surface area contributed by atoms with Crippen LogP contribution in [0.1, 0.15) is 31.8 Å². The molecule has 6 rings (SSSR count). The van der Waals surface area contributed by atoms with Crippen LogP contribution in [0.5, 0.6) is 11.5 Å². The highest BCUT2D eigenvalue weighted by atomic mass is 32.2. The second-order valence-corrected chi connectivity index (χ2v) is 11.5. The molecule has 0 unspecified atom stereocenters. The Hall–Kier alpha value is -4.90. The maximum absolute atomic E-state index is 14.7. The number of carbonyl (C=O) groups excluding carboxylic acids is 2. The number of hydrogen-bond donors (Lipinski definition) is 0. The number of nitrogens with zero attached hydrogens (tertiary/aromatic N) is 2. The zero-order chi connectivity index (χ0) is 29.8. The molecule has 0 spiro atoms. The lowest BCUT2D eigenvalue weighted by Gasteiger charge is -2.17. The molecule has 0 radical (unpaired) electrons. The van der Waals surface area contributed by atoms with Gasteiger partial charge >= 0.3 is 5.97 Å². The van der Waals surface area contributed by atoms with E-state index < -0.39 is 21.8 Å². The molecular weight excluding hydrogens is 563 g/mol. The predicted molar refractivity (Wildman–Crippen MR) is 153 cm³/mol. The lowest BCUT2D eigenvalue weighted by molar-refractivity contribution is 0.0602. The quantitative estimate of drug-likeness (QED) is 0.243. The molecule has 1 aliphatic rings. The highest BCUT2D eigenvalue weighted by Gasteiger charge is 2.37. The van der Waals surface area contributed by atoms with E-state index in [-0.39, 0.29) is 56.8 Å². The fraction of sp³-hybridized carbons (Fsp3) is 0.161. The van der Waals surface area contributed by atoms with Gasteiger partial charge in [-0.1, -0.05) is 18.2 Å². The molecule has 214 valence electrons. The highest BCUT2D eigenvalue weighted by Crippen LogP contribution is 2.42. The number of aromatic nitrogens is 1. The zero-order valence-corrected chi connectivity index (χ0v) is 23.7. The lowest BCUT2D eigenvalue weighted by Crippen LogP contribution is -2.23. The second kappa shape index (κ2) is 10.2. The first-order valence-electron chi connectivity index (χ1n) is 12.9. The van der Waals surface area contributed by atoms with Gasteiger partial charge in [0.1, 0.15) is 17.3 Å². The van der Waals surface area contributed by atoms with E-state index in [9.17, 15) is 22.4 Å². The van der Waals surface area contributed by atoms with Crippen molar-refractivity contribution in [2.75, 3.05) is 21.3 Å². The van der Waals surface area contributed by atoms with Gasteiger partial charge < -0.3 is 19.1 Å². The van der Waals surface area contributed by atoms with E-state index in [0.717, 1.165) is 15.6 Å². The highest BCUT2D eigenvalue weighted by molar-refractivity contribution is 7.90. The first-order chi connectivity index (χ1) is 20.2. The van der Waals surface area contributed by atoms with Gasteiger partial charge in [-0.15, -0.1) is 0 Å². The van der Waals surface area contributed by atoms with Crippen molar-refractivity contribution in [2.24, 2.45) is 0 Å². The van der Waals surface area contributed by atoms with Crippen LogP contribution in [0.2, 0.25) is 0 Å². The number of benzene rings is 4. The molecule has 9 nitrogen and oxygen atoms in total. The Morgan fingerprint density at radius 1 is 0.952 bits per heavy atom. The molecule has 1 aliphatic heterocycles. The lowest BCUT2D eigenvalue weighted by atomic mass is 9.98. The Morgan fingerprint density at radius 2 is 1.69 bits per heavy atom. The molecule has 0 saturated carbocycles. The molecule has 4 aromatic carbocycles. The van der Waals surface area contributed by atoms with Crippen LogP contribution in [-0.2, 0) is 27.8 Å². The Morgan fingerprint density at radius 3 is 2.38 bits per heavy atom. The van der Waals surface area contributed by atoms with E-state index in [4.69, 9.17) is 14.2 Å². The van der Waals surface area contributed by atoms with Crippen LogP contribution in [0.15, 0.2) is 77.7 Å². The van der Waals surface area contributed by atoms with Gasteiger partial charge in [-0.05, 0) is 60.2 Å². The van der Waals surface area contributed by atoms with Crippen molar-refractivity contribution < 1.29 is 36.6 Å². The summed E-state index contributed by atoms with van der Waals surface area (Å²) in [4.78, 5) is 28.6. The van der Waals surface area contributed by atoms with Crippen LogP contribution < -0.4 is 9.47 Å². The molecule has 0 bridgehead atoms. The Bertz CT molecular complexity index is 2020. The Kier molecular flexibility index (Phi) is 6.61. The maximum atomic E-state index is 14.7. The molecule has 0 N–H and O–H groups in total. The van der Waals surface area contributed by atoms with E-state index in [1.54, 1.807) is 11.0 Å². The smallest absolute Gasteiger partial charge is 0.340 e. The van der Waals surface area contributed by atoms with Gasteiger partial charge in [-0.2, -0.15) is 0 Å². The molecule has 5 aromatic rings. The molecule has 1 amide bonds. The number of methoxy groups -OCH3 is 3. The summed E-state index contributed by atoms with van der Waals surface area (Å²) in [5, 5.41) is 0.337. The van der Waals surface area contributed by atoms with E-state index in [1.807, 2.05) is 18.2 Å². The number of para-hydroxylation sites is 1. The number of carbonyl (C=O) groups is 2. The normalized spacial score (nSPS) is 13.0. The van der Waals surface area contributed by atoms with E-state index in [1.165, 1.54) is 63.8 Å². The molecule has 0 saturated heterocycles. The zero-order valence-electron chi connectivity index (χ0n) is 22.9. The summed E-state index contributed by atoms with van der Waals surface area (Å²) in [6, 6.07) is 18.2. The van der Waals surface area contributed by atoms with Crippen molar-refractivity contribution >= 4 is 43.7 Å². The van der Waals surface area contributed by atoms with Crippen molar-refractivity contribution in [3.63, 3.8) is 0 Å². The first-order valence-corrected chi connectivity index (χ1v) is 14.3. The van der Waals surface area contributed by atoms with Gasteiger partial charge in [0.05, 0.1) is 48.4 Å². The number of fused-ring (bicyclic) bond motifs is 5. The maximum Gasteiger partial charge on any atom is 0.340 e. The van der Waals surface area contributed by atoms with Crippen LogP contribution in [-0.4, -0.2) is 50.5 Å². The van der Waals surface area contributed by atoms with Crippen LogP contribution in [0.3, 0.4) is 0 Å². The summed E-state index contributed by atoms with van der Waals surface area (Å²) in [6.45, 7) is 0.336. The van der Waals surface area contributed by atoms with Crippen LogP contribution in [0.4, 0.5) is 4.39 Å². The summed E-state index contributed by atoms with van der Waals surface area (Å²) in [5.41, 5.74) is 1.44. The molecule has 2 heterocycles. The van der Waals surface area contributed by atoms with E-state index in [0.29, 0.717) is 17.1 Å². The van der Waals surface area contributed by atoms with E-state index >= 15 is 0 Å². The van der Waals surface area contributed by atoms with Gasteiger partial charge in [-0.25, -0.2) is 21.6 Å². The topological polar surface area (TPSA) is 104 Å². The number of amides is 1. The predicted octanol–water partition coefficient (Wildman–Crippen LogP) is 5.13. The van der Waals surface area contributed by atoms with Gasteiger partial charge in [0, 0.05) is 29.4 Å². The Labute approximate surface area is 240 Å². The molecule has 1 aromatic heterocycles. The van der Waals surface area contributed by atoms with Crippen molar-refractivity contribution in [2.45, 2.75) is 18.0 Å². The van der Waals surface area contributed by atoms with Crippen molar-refractivity contribution in [3.05, 3.63) is 101 Å². The molecule has 0 aliphatic carbocycles. The standard InChI is InChI=1S/C31H25FN2O7S/c1-39-21-9-11-22(12-10-21)42(37,38)34-25-13-8-20(32)15-23(25)28-27-19(14-24(29(28)34)31(36)41-3)17-33(30(27)35)16-18-6-4-5-7-26(18)40-2/h4-15H,16-17H2,1-3H3. The summed E-state index contributed by atoms with van der Waals surface area (Å²) < 4.78 is 59.8. The fourth-order valence-electron chi connectivity index (χ4n) is 5.55. The average Bonchev–Trinajstić information content (AvgIpc) is 3.50. The third-order valence-corrected chi connectivity index (χ3v) is 9.18. The minimum absolute atomic E-state index is 0.0631. The monoisotopic (exact) mass is 588 g/mol. The SMILES string of the molecule is COC(=O)c1cc2c(c3c4cc(F)ccc4n(S(=O)(=O)c4ccc(OC)cc4)c13)C(=O)N(Cc1ccccc1OC)C2. The summed E-state index contributed by atoms with van der Waals surface area (Å²) in [6.07, 6.45) is 0. The molecular formula is C31H25FN2O7S. The molecule has 11 heteroatoms. The van der Waals surface area contributed by atoms with Crippen molar-refractivity contribution in [3.8, 4) is 11.5 Å². The first kappa shape index (κ1) is 27.3. The van der Waals surface area contributed by atoms with Gasteiger partial charge in [-0.3, -0.25) is 4.79 Å². The van der Waals surface area contributed by atoms with Gasteiger partial charge in [0.15, 0.2) is 0 Å². The largest absolute Gasteiger partial charge is 0.497 e. The number of rotatable bonds is 7. The molecule has 0 atom stereocenters. The number of esters is 1. The number of ether oxygens (including phenoxy) is 3. The van der Waals surface area contributed by atoms with Crippen molar-refractivity contribution in [1.82, 2.24) is 8.87 Å². The average molecular weight is 589 g/mol. The number of halogens is 1. The van der Waals surface area contributed by atoms with Crippen LogP contribution in [0, 0.1) is 5.82 Å². The van der Waals surface area contributed by atoms with Gasteiger partial charge in [0.25, 0.3) is 15.9 Å². The molecule has 42 heavy (non-hydrogen) atoms.